The van der Waals surface area contributed by atoms with Gasteiger partial charge in [-0.25, -0.2) is 0 Å². The van der Waals surface area contributed by atoms with Crippen LogP contribution in [0, 0.1) is 11.8 Å². The molecule has 0 radical (unpaired) electrons. The van der Waals surface area contributed by atoms with Gasteiger partial charge in [-0.15, -0.1) is 0 Å². The third-order valence-electron chi connectivity index (χ3n) is 3.72. The second kappa shape index (κ2) is 6.45. The maximum Gasteiger partial charge on any atom is -0.0414 e. The molecule has 1 rings (SSSR count). The maximum absolute atomic E-state index is 2.36. The molecule has 0 atom stereocenters. The van der Waals surface area contributed by atoms with Gasteiger partial charge in [0.25, 0.3) is 0 Å². The Hall–Kier alpha value is 0. The van der Waals surface area contributed by atoms with Gasteiger partial charge in [0.2, 0.25) is 0 Å². The summed E-state index contributed by atoms with van der Waals surface area (Å²) in [5, 5.41) is 0. The monoisotopic (exact) mass is 182 g/mol. The first kappa shape index (κ1) is 11.1. The lowest BCUT2D eigenvalue weighted by atomic mass is 9.83. The SMILES string of the molecule is CCCC1CCCC(CC)CCC1. The third-order valence-corrected chi connectivity index (χ3v) is 3.72. The molecule has 1 fully saturated rings. The van der Waals surface area contributed by atoms with E-state index in [2.05, 4.69) is 13.8 Å². The zero-order chi connectivity index (χ0) is 9.52. The molecule has 78 valence electrons. The van der Waals surface area contributed by atoms with E-state index in [1.165, 1.54) is 57.8 Å². The third kappa shape index (κ3) is 4.15. The molecular weight excluding hydrogens is 156 g/mol. The second-order valence-electron chi connectivity index (χ2n) is 4.79. The minimum absolute atomic E-state index is 1.06. The molecule has 0 nitrogen and oxygen atoms in total. The van der Waals surface area contributed by atoms with E-state index in [1.807, 2.05) is 0 Å². The summed E-state index contributed by atoms with van der Waals surface area (Å²) in [6.45, 7) is 4.68. The molecule has 13 heavy (non-hydrogen) atoms. The van der Waals surface area contributed by atoms with Crippen molar-refractivity contribution in [2.24, 2.45) is 11.8 Å². The van der Waals surface area contributed by atoms with Gasteiger partial charge >= 0.3 is 0 Å². The average Bonchev–Trinajstić information content (AvgIpc) is 2.09. The van der Waals surface area contributed by atoms with Gasteiger partial charge in [0.05, 0.1) is 0 Å². The lowest BCUT2D eigenvalue weighted by Crippen LogP contribution is -2.08. The van der Waals surface area contributed by atoms with Crippen molar-refractivity contribution in [2.75, 3.05) is 0 Å². The summed E-state index contributed by atoms with van der Waals surface area (Å²) < 4.78 is 0. The van der Waals surface area contributed by atoms with Crippen molar-refractivity contribution in [3.8, 4) is 0 Å². The van der Waals surface area contributed by atoms with Crippen molar-refractivity contribution in [2.45, 2.75) is 71.6 Å². The molecule has 0 unspecified atom stereocenters. The first-order chi connectivity index (χ1) is 6.36. The molecular formula is C13H26. The largest absolute Gasteiger partial charge is 0.0654 e. The number of hydrogen-bond acceptors (Lipinski definition) is 0. The summed E-state index contributed by atoms with van der Waals surface area (Å²) in [7, 11) is 0. The lowest BCUT2D eigenvalue weighted by Gasteiger charge is -2.23. The van der Waals surface area contributed by atoms with E-state index in [0.29, 0.717) is 0 Å². The normalized spacial score (nSPS) is 30.9. The van der Waals surface area contributed by atoms with E-state index in [0.717, 1.165) is 11.8 Å². The summed E-state index contributed by atoms with van der Waals surface area (Å²) in [6.07, 6.45) is 13.4. The lowest BCUT2D eigenvalue weighted by molar-refractivity contribution is 0.300. The molecule has 1 aliphatic rings. The highest BCUT2D eigenvalue weighted by Crippen LogP contribution is 2.29. The fourth-order valence-corrected chi connectivity index (χ4v) is 2.78. The molecule has 0 amide bonds. The van der Waals surface area contributed by atoms with Gasteiger partial charge in [-0.05, 0) is 11.8 Å². The molecule has 0 heterocycles. The Morgan fingerprint density at radius 2 is 1.38 bits per heavy atom. The zero-order valence-corrected chi connectivity index (χ0v) is 9.52. The number of hydrogen-bond donors (Lipinski definition) is 0. The van der Waals surface area contributed by atoms with Crippen LogP contribution in [-0.2, 0) is 0 Å². The van der Waals surface area contributed by atoms with Gasteiger partial charge < -0.3 is 0 Å². The highest BCUT2D eigenvalue weighted by Gasteiger charge is 2.14. The quantitative estimate of drug-likeness (QED) is 0.589. The Labute approximate surface area is 84.1 Å². The van der Waals surface area contributed by atoms with Crippen LogP contribution in [-0.4, -0.2) is 0 Å². The van der Waals surface area contributed by atoms with Crippen LogP contribution in [0.4, 0.5) is 0 Å². The van der Waals surface area contributed by atoms with Crippen LogP contribution in [0.1, 0.15) is 71.6 Å². The van der Waals surface area contributed by atoms with Crippen molar-refractivity contribution < 1.29 is 0 Å². The molecule has 0 aromatic rings. The molecule has 1 aliphatic carbocycles. The molecule has 0 N–H and O–H groups in total. The van der Waals surface area contributed by atoms with Crippen LogP contribution in [0.5, 0.6) is 0 Å². The van der Waals surface area contributed by atoms with Crippen molar-refractivity contribution in [1.82, 2.24) is 0 Å². The molecule has 1 saturated carbocycles. The Kier molecular flexibility index (Phi) is 5.50. The van der Waals surface area contributed by atoms with Crippen molar-refractivity contribution in [3.63, 3.8) is 0 Å². The molecule has 0 bridgehead atoms. The summed E-state index contributed by atoms with van der Waals surface area (Å²) in [5.74, 6) is 2.13. The van der Waals surface area contributed by atoms with Crippen LogP contribution < -0.4 is 0 Å². The van der Waals surface area contributed by atoms with Crippen LogP contribution in [0.15, 0.2) is 0 Å². The first-order valence-electron chi connectivity index (χ1n) is 6.36. The standard InChI is InChI=1S/C13H26/c1-3-7-13-10-5-8-12(4-2)9-6-11-13/h12-13H,3-11H2,1-2H3. The van der Waals surface area contributed by atoms with Gasteiger partial charge in [0.1, 0.15) is 0 Å². The Morgan fingerprint density at radius 3 is 1.85 bits per heavy atom. The van der Waals surface area contributed by atoms with E-state index in [-0.39, 0.29) is 0 Å². The minimum atomic E-state index is 1.06. The second-order valence-corrected chi connectivity index (χ2v) is 4.79. The summed E-state index contributed by atoms with van der Waals surface area (Å²) in [5.41, 5.74) is 0. The minimum Gasteiger partial charge on any atom is -0.0654 e. The molecule has 0 aromatic carbocycles. The van der Waals surface area contributed by atoms with Crippen LogP contribution in [0.3, 0.4) is 0 Å². The molecule has 0 spiro atoms. The fourth-order valence-electron chi connectivity index (χ4n) is 2.78. The Morgan fingerprint density at radius 1 is 0.846 bits per heavy atom. The molecule has 0 aromatic heterocycles. The molecule has 0 saturated heterocycles. The van der Waals surface area contributed by atoms with E-state index in [4.69, 9.17) is 0 Å². The Bertz CT molecular complexity index is 107. The van der Waals surface area contributed by atoms with Gasteiger partial charge in [0, 0.05) is 0 Å². The van der Waals surface area contributed by atoms with Gasteiger partial charge in [-0.1, -0.05) is 71.6 Å². The van der Waals surface area contributed by atoms with Crippen LogP contribution >= 0.6 is 0 Å². The summed E-state index contributed by atoms with van der Waals surface area (Å²) >= 11 is 0. The highest BCUT2D eigenvalue weighted by atomic mass is 14.2. The summed E-state index contributed by atoms with van der Waals surface area (Å²) in [6, 6.07) is 0. The van der Waals surface area contributed by atoms with Crippen molar-refractivity contribution in [3.05, 3.63) is 0 Å². The van der Waals surface area contributed by atoms with E-state index in [9.17, 15) is 0 Å². The van der Waals surface area contributed by atoms with Crippen molar-refractivity contribution >= 4 is 0 Å². The highest BCUT2D eigenvalue weighted by molar-refractivity contribution is 4.67. The summed E-state index contributed by atoms with van der Waals surface area (Å²) in [4.78, 5) is 0. The predicted octanol–water partition coefficient (Wildman–Crippen LogP) is 4.78. The van der Waals surface area contributed by atoms with E-state index in [1.54, 1.807) is 0 Å². The maximum atomic E-state index is 2.36. The molecule has 0 heteroatoms. The van der Waals surface area contributed by atoms with E-state index >= 15 is 0 Å². The van der Waals surface area contributed by atoms with Gasteiger partial charge in [-0.3, -0.25) is 0 Å². The average molecular weight is 182 g/mol. The Balaban J connectivity index is 2.22. The van der Waals surface area contributed by atoms with Crippen LogP contribution in [0.25, 0.3) is 0 Å². The first-order valence-corrected chi connectivity index (χ1v) is 6.36. The van der Waals surface area contributed by atoms with Gasteiger partial charge in [-0.2, -0.15) is 0 Å². The van der Waals surface area contributed by atoms with Gasteiger partial charge in [0.15, 0.2) is 0 Å². The van der Waals surface area contributed by atoms with Crippen LogP contribution in [0.2, 0.25) is 0 Å². The molecule has 0 aliphatic heterocycles. The fraction of sp³-hybridized carbons (Fsp3) is 1.00. The number of rotatable bonds is 3. The van der Waals surface area contributed by atoms with E-state index < -0.39 is 0 Å². The topological polar surface area (TPSA) is 0 Å². The smallest absolute Gasteiger partial charge is 0.0414 e. The van der Waals surface area contributed by atoms with Crippen molar-refractivity contribution in [1.29, 1.82) is 0 Å². The predicted molar refractivity (Wildman–Crippen MR) is 59.9 cm³/mol. The zero-order valence-electron chi connectivity index (χ0n) is 9.52.